The van der Waals surface area contributed by atoms with Gasteiger partial charge in [0.15, 0.2) is 0 Å². The Morgan fingerprint density at radius 2 is 1.83 bits per heavy atom. The van der Waals surface area contributed by atoms with Gasteiger partial charge in [-0.3, -0.25) is 9.78 Å². The molecule has 1 aromatic heterocycles. The van der Waals surface area contributed by atoms with E-state index in [1.807, 2.05) is 6.07 Å². The summed E-state index contributed by atoms with van der Waals surface area (Å²) in [6.45, 7) is 0. The number of hydrogen-bond donors (Lipinski definition) is 2. The van der Waals surface area contributed by atoms with Crippen LogP contribution in [0.25, 0.3) is 10.8 Å². The number of benzene rings is 2. The molecular weight excluding hydrogens is 356 g/mol. The number of aromatic amines is 2. The Labute approximate surface area is 140 Å². The molecule has 0 saturated carbocycles. The van der Waals surface area contributed by atoms with Crippen LogP contribution in [0.5, 0.6) is 0 Å². The van der Waals surface area contributed by atoms with Crippen molar-refractivity contribution in [3.8, 4) is 0 Å². The highest BCUT2D eigenvalue weighted by molar-refractivity contribution is 9.10. The fourth-order valence-corrected chi connectivity index (χ4v) is 4.20. The van der Waals surface area contributed by atoms with E-state index in [-0.39, 0.29) is 5.56 Å². The van der Waals surface area contributed by atoms with Gasteiger partial charge in [0.25, 0.3) is 5.56 Å². The van der Waals surface area contributed by atoms with Crippen LogP contribution < -0.4 is 11.2 Å². The molecule has 1 heterocycles. The summed E-state index contributed by atoms with van der Waals surface area (Å²) in [6.07, 6.45) is 2.28. The first-order valence-electron chi connectivity index (χ1n) is 7.65. The minimum Gasteiger partial charge on any atom is -0.311 e. The average Bonchev–Trinajstić information content (AvgIpc) is 2.54. The number of halogens is 1. The van der Waals surface area contributed by atoms with Gasteiger partial charge in [-0.15, -0.1) is 0 Å². The van der Waals surface area contributed by atoms with Crippen LogP contribution >= 0.6 is 15.9 Å². The van der Waals surface area contributed by atoms with Gasteiger partial charge in [-0.05, 0) is 47.6 Å². The number of hydrogen-bond acceptors (Lipinski definition) is 2. The van der Waals surface area contributed by atoms with Gasteiger partial charge in [0.1, 0.15) is 0 Å². The zero-order chi connectivity index (χ0) is 16.0. The molecule has 0 aliphatic heterocycles. The molecule has 1 aliphatic carbocycles. The number of aromatic nitrogens is 2. The molecule has 0 saturated heterocycles. The molecule has 3 aromatic rings. The van der Waals surface area contributed by atoms with Gasteiger partial charge in [0.05, 0.1) is 0 Å². The topological polar surface area (TPSA) is 65.7 Å². The maximum atomic E-state index is 11.9. The lowest BCUT2D eigenvalue weighted by atomic mass is 9.81. The summed E-state index contributed by atoms with van der Waals surface area (Å²) in [5, 5.41) is 2.41. The first kappa shape index (κ1) is 14.5. The maximum absolute atomic E-state index is 11.9. The van der Waals surface area contributed by atoms with Crippen LogP contribution in [-0.4, -0.2) is 9.97 Å². The second-order valence-electron chi connectivity index (χ2n) is 5.99. The van der Waals surface area contributed by atoms with Gasteiger partial charge >= 0.3 is 5.69 Å². The molecule has 1 aliphatic rings. The van der Waals surface area contributed by atoms with Crippen molar-refractivity contribution in [2.45, 2.75) is 25.2 Å². The van der Waals surface area contributed by atoms with Crippen LogP contribution in [0, 0.1) is 0 Å². The van der Waals surface area contributed by atoms with Gasteiger partial charge in [0, 0.05) is 15.7 Å². The van der Waals surface area contributed by atoms with Crippen molar-refractivity contribution >= 4 is 26.7 Å². The zero-order valence-corrected chi connectivity index (χ0v) is 13.9. The first-order valence-corrected chi connectivity index (χ1v) is 8.44. The molecule has 0 fully saturated rings. The third-order valence-corrected chi connectivity index (χ3v) is 5.31. The minimum absolute atomic E-state index is 0.249. The molecule has 0 amide bonds. The van der Waals surface area contributed by atoms with Gasteiger partial charge in [-0.25, -0.2) is 4.79 Å². The Balaban J connectivity index is 1.84. The van der Waals surface area contributed by atoms with E-state index in [1.165, 1.54) is 16.3 Å². The number of fused-ring (bicyclic) bond motifs is 2. The molecule has 5 heteroatoms. The van der Waals surface area contributed by atoms with Crippen molar-refractivity contribution in [2.75, 3.05) is 0 Å². The van der Waals surface area contributed by atoms with E-state index in [9.17, 15) is 9.59 Å². The van der Waals surface area contributed by atoms with Crippen LogP contribution in [0.3, 0.4) is 0 Å². The highest BCUT2D eigenvalue weighted by Crippen LogP contribution is 2.37. The van der Waals surface area contributed by atoms with Crippen LogP contribution in [-0.2, 0) is 12.8 Å². The fourth-order valence-electron chi connectivity index (χ4n) is 3.59. The Kier molecular flexibility index (Phi) is 3.45. The van der Waals surface area contributed by atoms with Gasteiger partial charge < -0.3 is 4.98 Å². The summed E-state index contributed by atoms with van der Waals surface area (Å²) >= 11 is 3.66. The van der Waals surface area contributed by atoms with Crippen molar-refractivity contribution in [3.63, 3.8) is 0 Å². The Bertz CT molecular complexity index is 1010. The smallest absolute Gasteiger partial charge is 0.311 e. The van der Waals surface area contributed by atoms with Crippen LogP contribution in [0.2, 0.25) is 0 Å². The molecular formula is C18H15BrN2O2. The SMILES string of the molecule is O=c1[nH]c2c(c(=O)[nH]1)CCC(c1cccc3cccc(Br)c13)C2. The number of nitrogens with one attached hydrogen (secondary N) is 2. The lowest BCUT2D eigenvalue weighted by Crippen LogP contribution is -2.31. The minimum atomic E-state index is -0.423. The Morgan fingerprint density at radius 3 is 2.65 bits per heavy atom. The van der Waals surface area contributed by atoms with Crippen LogP contribution in [0.15, 0.2) is 50.5 Å². The largest absolute Gasteiger partial charge is 0.325 e. The fraction of sp³-hybridized carbons (Fsp3) is 0.222. The van der Waals surface area contributed by atoms with E-state index in [1.54, 1.807) is 0 Å². The standard InChI is InChI=1S/C18H15BrN2O2/c19-14-6-2-4-10-3-1-5-12(16(10)14)11-7-8-13-15(9-11)20-18(23)21-17(13)22/h1-6,11H,7-9H2,(H2,20,21,22,23). The molecule has 1 unspecified atom stereocenters. The monoisotopic (exact) mass is 370 g/mol. The molecule has 1 atom stereocenters. The van der Waals surface area contributed by atoms with Crippen LogP contribution in [0.1, 0.15) is 29.2 Å². The number of rotatable bonds is 1. The van der Waals surface area contributed by atoms with Gasteiger partial charge in [-0.1, -0.05) is 46.3 Å². The lowest BCUT2D eigenvalue weighted by molar-refractivity contribution is 0.566. The summed E-state index contributed by atoms with van der Waals surface area (Å²) in [6, 6.07) is 12.5. The molecule has 0 spiro atoms. The van der Waals surface area contributed by atoms with E-state index in [2.05, 4.69) is 56.2 Å². The first-order chi connectivity index (χ1) is 11.1. The Morgan fingerprint density at radius 1 is 1.04 bits per heavy atom. The molecule has 2 aromatic carbocycles. The van der Waals surface area contributed by atoms with E-state index < -0.39 is 5.69 Å². The van der Waals surface area contributed by atoms with Crippen LogP contribution in [0.4, 0.5) is 0 Å². The van der Waals surface area contributed by atoms with E-state index in [4.69, 9.17) is 0 Å². The van der Waals surface area contributed by atoms with Crippen molar-refractivity contribution in [1.29, 1.82) is 0 Å². The second kappa shape index (κ2) is 5.49. The zero-order valence-electron chi connectivity index (χ0n) is 12.4. The van der Waals surface area contributed by atoms with E-state index in [0.29, 0.717) is 18.8 Å². The highest BCUT2D eigenvalue weighted by atomic mass is 79.9. The maximum Gasteiger partial charge on any atom is 0.325 e. The molecule has 23 heavy (non-hydrogen) atoms. The summed E-state index contributed by atoms with van der Waals surface area (Å²) in [5.74, 6) is 0.294. The summed E-state index contributed by atoms with van der Waals surface area (Å²) in [5.41, 5.74) is 2.09. The van der Waals surface area contributed by atoms with E-state index in [0.717, 1.165) is 22.2 Å². The normalized spacial score (nSPS) is 17.2. The highest BCUT2D eigenvalue weighted by Gasteiger charge is 2.24. The van der Waals surface area contributed by atoms with E-state index >= 15 is 0 Å². The van der Waals surface area contributed by atoms with Gasteiger partial charge in [0.2, 0.25) is 0 Å². The number of H-pyrrole nitrogens is 2. The van der Waals surface area contributed by atoms with Crippen molar-refractivity contribution in [1.82, 2.24) is 9.97 Å². The quantitative estimate of drug-likeness (QED) is 0.690. The summed E-state index contributed by atoms with van der Waals surface area (Å²) in [4.78, 5) is 28.6. The Hall–Kier alpha value is -2.14. The predicted molar refractivity (Wildman–Crippen MR) is 94.1 cm³/mol. The average molecular weight is 371 g/mol. The van der Waals surface area contributed by atoms with Crippen molar-refractivity contribution in [2.24, 2.45) is 0 Å². The summed E-state index contributed by atoms with van der Waals surface area (Å²) < 4.78 is 1.08. The van der Waals surface area contributed by atoms with Crippen molar-refractivity contribution in [3.05, 3.63) is 78.5 Å². The molecule has 0 bridgehead atoms. The lowest BCUT2D eigenvalue weighted by Gasteiger charge is -2.25. The molecule has 4 nitrogen and oxygen atoms in total. The third-order valence-electron chi connectivity index (χ3n) is 4.65. The predicted octanol–water partition coefficient (Wildman–Crippen LogP) is 3.25. The second-order valence-corrected chi connectivity index (χ2v) is 6.84. The third kappa shape index (κ3) is 2.45. The molecule has 2 N–H and O–H groups in total. The summed E-state index contributed by atoms with van der Waals surface area (Å²) in [7, 11) is 0. The molecule has 116 valence electrons. The molecule has 0 radical (unpaired) electrons. The molecule has 4 rings (SSSR count). The van der Waals surface area contributed by atoms with Gasteiger partial charge in [-0.2, -0.15) is 0 Å². The van der Waals surface area contributed by atoms with Crippen molar-refractivity contribution < 1.29 is 0 Å².